The minimum atomic E-state index is -0.133. The minimum absolute atomic E-state index is 0.133. The van der Waals surface area contributed by atoms with E-state index in [2.05, 4.69) is 6.92 Å². The largest absolute Gasteiger partial charge is 0.355 e. The van der Waals surface area contributed by atoms with Crippen LogP contribution in [-0.4, -0.2) is 28.9 Å². The van der Waals surface area contributed by atoms with Crippen molar-refractivity contribution in [3.63, 3.8) is 0 Å². The van der Waals surface area contributed by atoms with E-state index in [-0.39, 0.29) is 5.41 Å². The molecule has 78 valence electrons. The molecule has 0 aromatic heterocycles. The van der Waals surface area contributed by atoms with Crippen molar-refractivity contribution in [3.8, 4) is 0 Å². The Morgan fingerprint density at radius 1 is 1.38 bits per heavy atom. The van der Waals surface area contributed by atoms with Crippen molar-refractivity contribution in [2.75, 3.05) is 13.2 Å². The third-order valence-corrected chi connectivity index (χ3v) is 3.67. The SMILES string of the molecule is CCCCCOC1([SiH3])CCCCO1. The fourth-order valence-electron chi connectivity index (χ4n) is 1.66. The van der Waals surface area contributed by atoms with Crippen molar-refractivity contribution in [2.45, 2.75) is 50.9 Å². The fraction of sp³-hybridized carbons (Fsp3) is 1.00. The molecule has 1 aliphatic heterocycles. The van der Waals surface area contributed by atoms with Gasteiger partial charge >= 0.3 is 0 Å². The highest BCUT2D eigenvalue weighted by Crippen LogP contribution is 2.23. The Morgan fingerprint density at radius 2 is 2.23 bits per heavy atom. The highest BCUT2D eigenvalue weighted by atomic mass is 28.1. The highest BCUT2D eigenvalue weighted by Gasteiger charge is 2.27. The van der Waals surface area contributed by atoms with Gasteiger partial charge in [-0.25, -0.2) is 0 Å². The lowest BCUT2D eigenvalue weighted by Gasteiger charge is -2.34. The molecule has 1 heterocycles. The predicted octanol–water partition coefficient (Wildman–Crippen LogP) is 1.41. The summed E-state index contributed by atoms with van der Waals surface area (Å²) >= 11 is 0. The van der Waals surface area contributed by atoms with Crippen LogP contribution in [0, 0.1) is 0 Å². The van der Waals surface area contributed by atoms with E-state index in [1.54, 1.807) is 0 Å². The first-order valence-electron chi connectivity index (χ1n) is 5.55. The van der Waals surface area contributed by atoms with E-state index in [0.29, 0.717) is 0 Å². The van der Waals surface area contributed by atoms with Crippen molar-refractivity contribution in [1.29, 1.82) is 0 Å². The molecular weight excluding hydrogens is 180 g/mol. The summed E-state index contributed by atoms with van der Waals surface area (Å²) in [4.78, 5) is 0. The molecule has 0 N–H and O–H groups in total. The molecule has 13 heavy (non-hydrogen) atoms. The lowest BCUT2D eigenvalue weighted by Crippen LogP contribution is -2.39. The van der Waals surface area contributed by atoms with E-state index in [9.17, 15) is 0 Å². The molecule has 1 aliphatic rings. The molecule has 1 fully saturated rings. The van der Waals surface area contributed by atoms with Gasteiger partial charge in [-0.15, -0.1) is 0 Å². The Kier molecular flexibility index (Phi) is 4.99. The Balaban J connectivity index is 2.10. The van der Waals surface area contributed by atoms with Crippen molar-refractivity contribution in [1.82, 2.24) is 0 Å². The van der Waals surface area contributed by atoms with Gasteiger partial charge in [-0.1, -0.05) is 19.8 Å². The fourth-order valence-corrected chi connectivity index (χ4v) is 2.42. The molecule has 1 unspecified atom stereocenters. The van der Waals surface area contributed by atoms with Gasteiger partial charge < -0.3 is 9.47 Å². The molecule has 0 aliphatic carbocycles. The molecule has 0 spiro atoms. The monoisotopic (exact) mass is 202 g/mol. The molecule has 0 aromatic rings. The molecule has 0 bridgehead atoms. The first kappa shape index (κ1) is 11.2. The topological polar surface area (TPSA) is 18.5 Å². The van der Waals surface area contributed by atoms with E-state index < -0.39 is 0 Å². The summed E-state index contributed by atoms with van der Waals surface area (Å²) in [5.74, 6) is 0. The van der Waals surface area contributed by atoms with E-state index in [1.165, 1.54) is 32.1 Å². The van der Waals surface area contributed by atoms with Crippen LogP contribution in [0.2, 0.25) is 0 Å². The molecular formula is C10H22O2Si. The average Bonchev–Trinajstić information content (AvgIpc) is 2.14. The number of rotatable bonds is 5. The van der Waals surface area contributed by atoms with Gasteiger partial charge in [0.1, 0.15) is 5.41 Å². The first-order chi connectivity index (χ1) is 6.27. The van der Waals surface area contributed by atoms with Gasteiger partial charge in [0.05, 0.1) is 10.2 Å². The van der Waals surface area contributed by atoms with E-state index >= 15 is 0 Å². The number of unbranched alkanes of at least 4 members (excludes halogenated alkanes) is 2. The molecule has 1 rings (SSSR count). The number of hydrogen-bond donors (Lipinski definition) is 0. The van der Waals surface area contributed by atoms with Crippen LogP contribution in [0.1, 0.15) is 45.4 Å². The molecule has 0 saturated carbocycles. The third kappa shape index (κ3) is 4.25. The summed E-state index contributed by atoms with van der Waals surface area (Å²) in [7, 11) is 1.00. The smallest absolute Gasteiger partial charge is 0.141 e. The Hall–Kier alpha value is 0.137. The molecule has 2 nitrogen and oxygen atoms in total. The van der Waals surface area contributed by atoms with Crippen molar-refractivity contribution < 1.29 is 9.47 Å². The lowest BCUT2D eigenvalue weighted by molar-refractivity contribution is -0.198. The van der Waals surface area contributed by atoms with Crippen LogP contribution in [0.4, 0.5) is 0 Å². The normalized spacial score (nSPS) is 29.3. The van der Waals surface area contributed by atoms with Gasteiger partial charge in [-0.05, 0) is 25.7 Å². The van der Waals surface area contributed by atoms with Crippen LogP contribution < -0.4 is 0 Å². The molecule has 1 saturated heterocycles. The standard InChI is InChI=1S/C10H22O2Si/c1-2-3-5-8-11-10(13)7-4-6-9-12-10/h2-9H2,1,13H3. The average molecular weight is 202 g/mol. The van der Waals surface area contributed by atoms with Crippen LogP contribution in [-0.2, 0) is 9.47 Å². The van der Waals surface area contributed by atoms with Gasteiger partial charge in [0, 0.05) is 13.2 Å². The van der Waals surface area contributed by atoms with Crippen molar-refractivity contribution >= 4 is 10.2 Å². The Bertz CT molecular complexity index is 133. The second kappa shape index (κ2) is 5.78. The maximum atomic E-state index is 5.81. The second-order valence-corrected chi connectivity index (χ2v) is 5.52. The predicted molar refractivity (Wildman–Crippen MR) is 58.0 cm³/mol. The Labute approximate surface area is 84.4 Å². The molecule has 1 atom stereocenters. The summed E-state index contributed by atoms with van der Waals surface area (Å²) in [6, 6.07) is 0. The summed E-state index contributed by atoms with van der Waals surface area (Å²) in [5.41, 5.74) is -0.133. The van der Waals surface area contributed by atoms with Crippen LogP contribution in [0.25, 0.3) is 0 Å². The van der Waals surface area contributed by atoms with Gasteiger partial charge in [-0.2, -0.15) is 0 Å². The zero-order valence-electron chi connectivity index (χ0n) is 8.97. The lowest BCUT2D eigenvalue weighted by atomic mass is 10.2. The maximum absolute atomic E-state index is 5.81. The Morgan fingerprint density at radius 3 is 2.85 bits per heavy atom. The quantitative estimate of drug-likeness (QED) is 0.496. The number of hydrogen-bond acceptors (Lipinski definition) is 2. The van der Waals surface area contributed by atoms with E-state index in [1.807, 2.05) is 0 Å². The summed E-state index contributed by atoms with van der Waals surface area (Å²) in [6.07, 6.45) is 7.32. The third-order valence-electron chi connectivity index (χ3n) is 2.59. The molecule has 0 amide bonds. The summed E-state index contributed by atoms with van der Waals surface area (Å²) in [6.45, 7) is 4.00. The van der Waals surface area contributed by atoms with Crippen LogP contribution in [0.15, 0.2) is 0 Å². The zero-order chi connectivity index (χ0) is 9.57. The summed E-state index contributed by atoms with van der Waals surface area (Å²) in [5, 5.41) is 0. The van der Waals surface area contributed by atoms with Gasteiger partial charge in [-0.3, -0.25) is 0 Å². The van der Waals surface area contributed by atoms with E-state index in [4.69, 9.17) is 9.47 Å². The van der Waals surface area contributed by atoms with E-state index in [0.717, 1.165) is 29.9 Å². The summed E-state index contributed by atoms with van der Waals surface area (Å²) < 4.78 is 11.5. The zero-order valence-corrected chi connectivity index (χ0v) is 11.0. The molecule has 0 radical (unpaired) electrons. The van der Waals surface area contributed by atoms with Crippen LogP contribution >= 0.6 is 0 Å². The van der Waals surface area contributed by atoms with Crippen molar-refractivity contribution in [3.05, 3.63) is 0 Å². The van der Waals surface area contributed by atoms with Crippen LogP contribution in [0.5, 0.6) is 0 Å². The van der Waals surface area contributed by atoms with Crippen LogP contribution in [0.3, 0.4) is 0 Å². The van der Waals surface area contributed by atoms with Gasteiger partial charge in [0.25, 0.3) is 0 Å². The minimum Gasteiger partial charge on any atom is -0.355 e. The van der Waals surface area contributed by atoms with Gasteiger partial charge in [0.2, 0.25) is 0 Å². The second-order valence-electron chi connectivity index (χ2n) is 3.99. The number of ether oxygens (including phenoxy) is 2. The maximum Gasteiger partial charge on any atom is 0.141 e. The molecule has 0 aromatic carbocycles. The van der Waals surface area contributed by atoms with Gasteiger partial charge in [0.15, 0.2) is 0 Å². The molecule has 3 heteroatoms. The first-order valence-corrected chi connectivity index (χ1v) is 6.55. The highest BCUT2D eigenvalue weighted by molar-refractivity contribution is 6.13. The van der Waals surface area contributed by atoms with Crippen molar-refractivity contribution in [2.24, 2.45) is 0 Å².